The van der Waals surface area contributed by atoms with E-state index in [4.69, 9.17) is 23.2 Å². The summed E-state index contributed by atoms with van der Waals surface area (Å²) >= 11 is 13.3. The van der Waals surface area contributed by atoms with Crippen LogP contribution in [0.4, 0.5) is 0 Å². The lowest BCUT2D eigenvalue weighted by atomic mass is 10.1. The summed E-state index contributed by atoms with van der Waals surface area (Å²) in [6.45, 7) is 0. The second kappa shape index (κ2) is 5.53. The predicted octanol–water partition coefficient (Wildman–Crippen LogP) is 2.58. The number of benzene rings is 1. The maximum Gasteiger partial charge on any atom is 0.275 e. The summed E-state index contributed by atoms with van der Waals surface area (Å²) in [5.41, 5.74) is 1.87. The zero-order valence-corrected chi connectivity index (χ0v) is 13.3. The van der Waals surface area contributed by atoms with E-state index in [1.807, 2.05) is 0 Å². The maximum absolute atomic E-state index is 12.4. The Balaban J connectivity index is 1.99. The van der Waals surface area contributed by atoms with Gasteiger partial charge in [0.05, 0.1) is 12.1 Å². The van der Waals surface area contributed by atoms with Gasteiger partial charge in [-0.15, -0.1) is 5.10 Å². The number of aromatic nitrogens is 2. The third-order valence-corrected chi connectivity index (χ3v) is 4.67. The van der Waals surface area contributed by atoms with Crippen LogP contribution in [0.3, 0.4) is 0 Å². The normalized spacial score (nSPS) is 20.4. The SMILES string of the molecule is CN(C(=O)c1csnn1)[C@@H]1c2cc(Cl)cc(Cl)c2C[C@@H]1O. The van der Waals surface area contributed by atoms with E-state index in [0.717, 1.165) is 22.7 Å². The molecule has 0 saturated carbocycles. The van der Waals surface area contributed by atoms with Gasteiger partial charge in [-0.1, -0.05) is 27.7 Å². The predicted molar refractivity (Wildman–Crippen MR) is 80.9 cm³/mol. The van der Waals surface area contributed by atoms with Crippen molar-refractivity contribution in [3.05, 3.63) is 44.4 Å². The third-order valence-electron chi connectivity index (χ3n) is 3.61. The molecule has 2 atom stereocenters. The van der Waals surface area contributed by atoms with Crippen LogP contribution in [0.5, 0.6) is 0 Å². The molecule has 110 valence electrons. The van der Waals surface area contributed by atoms with Crippen LogP contribution in [0.25, 0.3) is 0 Å². The van der Waals surface area contributed by atoms with Gasteiger partial charge in [-0.05, 0) is 34.8 Å². The van der Waals surface area contributed by atoms with Crippen molar-refractivity contribution in [1.82, 2.24) is 14.5 Å². The Labute approximate surface area is 135 Å². The molecule has 1 amide bonds. The van der Waals surface area contributed by atoms with Crippen LogP contribution >= 0.6 is 34.7 Å². The fourth-order valence-electron chi connectivity index (χ4n) is 2.66. The highest BCUT2D eigenvalue weighted by atomic mass is 35.5. The van der Waals surface area contributed by atoms with E-state index >= 15 is 0 Å². The summed E-state index contributed by atoms with van der Waals surface area (Å²) in [5.74, 6) is -0.295. The fourth-order valence-corrected chi connectivity index (χ4v) is 3.68. The van der Waals surface area contributed by atoms with E-state index < -0.39 is 12.1 Å². The molecule has 1 aliphatic rings. The zero-order valence-electron chi connectivity index (χ0n) is 11.0. The highest BCUT2D eigenvalue weighted by Crippen LogP contribution is 2.41. The minimum atomic E-state index is -0.725. The molecule has 0 bridgehead atoms. The van der Waals surface area contributed by atoms with E-state index in [1.165, 1.54) is 4.90 Å². The number of carbonyl (C=O) groups is 1. The summed E-state index contributed by atoms with van der Waals surface area (Å²) in [5, 5.41) is 16.6. The monoisotopic (exact) mass is 343 g/mol. The Hall–Kier alpha value is -1.21. The molecule has 1 aromatic carbocycles. The van der Waals surface area contributed by atoms with Gasteiger partial charge in [-0.25, -0.2) is 0 Å². The van der Waals surface area contributed by atoms with Crippen LogP contribution in [0.15, 0.2) is 17.5 Å². The molecule has 1 aliphatic carbocycles. The molecule has 8 heteroatoms. The summed E-state index contributed by atoms with van der Waals surface area (Å²) < 4.78 is 3.68. The molecule has 0 fully saturated rings. The summed E-state index contributed by atoms with van der Waals surface area (Å²) in [4.78, 5) is 13.8. The Morgan fingerprint density at radius 1 is 1.48 bits per heavy atom. The lowest BCUT2D eigenvalue weighted by Crippen LogP contribution is -2.36. The molecule has 0 unspecified atom stereocenters. The molecule has 0 saturated heterocycles. The van der Waals surface area contributed by atoms with E-state index in [2.05, 4.69) is 9.59 Å². The molecule has 2 aromatic rings. The molecule has 21 heavy (non-hydrogen) atoms. The van der Waals surface area contributed by atoms with Gasteiger partial charge in [0.15, 0.2) is 5.69 Å². The number of aliphatic hydroxyl groups excluding tert-OH is 1. The molecule has 3 rings (SSSR count). The van der Waals surface area contributed by atoms with E-state index in [9.17, 15) is 9.90 Å². The lowest BCUT2D eigenvalue weighted by molar-refractivity contribution is 0.0492. The van der Waals surface area contributed by atoms with Crippen LogP contribution in [-0.4, -0.2) is 38.7 Å². The number of amides is 1. The molecule has 0 aliphatic heterocycles. The van der Waals surface area contributed by atoms with Crippen LogP contribution in [0.1, 0.15) is 27.7 Å². The van der Waals surface area contributed by atoms with Gasteiger partial charge in [0.1, 0.15) is 0 Å². The maximum atomic E-state index is 12.4. The first-order valence-electron chi connectivity index (χ1n) is 6.19. The van der Waals surface area contributed by atoms with Crippen LogP contribution in [-0.2, 0) is 6.42 Å². The first kappa shape index (κ1) is 14.7. The summed E-state index contributed by atoms with van der Waals surface area (Å²) in [6.07, 6.45) is -0.334. The van der Waals surface area contributed by atoms with Crippen LogP contribution in [0.2, 0.25) is 10.0 Å². The topological polar surface area (TPSA) is 66.3 Å². The van der Waals surface area contributed by atoms with Gasteiger partial charge in [0.25, 0.3) is 5.91 Å². The molecule has 5 nitrogen and oxygen atoms in total. The minimum Gasteiger partial charge on any atom is -0.390 e. The molecular formula is C13H11Cl2N3O2S. The first-order valence-corrected chi connectivity index (χ1v) is 7.78. The summed E-state index contributed by atoms with van der Waals surface area (Å²) in [6, 6.07) is 2.89. The second-order valence-corrected chi connectivity index (χ2v) is 6.33. The first-order chi connectivity index (χ1) is 9.99. The molecular weight excluding hydrogens is 333 g/mol. The molecule has 0 spiro atoms. The van der Waals surface area contributed by atoms with Gasteiger partial charge in [-0.3, -0.25) is 4.79 Å². The van der Waals surface area contributed by atoms with Gasteiger partial charge in [0, 0.05) is 28.9 Å². The molecule has 1 aromatic heterocycles. The minimum absolute atomic E-state index is 0.260. The van der Waals surface area contributed by atoms with Crippen molar-refractivity contribution in [2.45, 2.75) is 18.6 Å². The number of fused-ring (bicyclic) bond motifs is 1. The van der Waals surface area contributed by atoms with Gasteiger partial charge in [0.2, 0.25) is 0 Å². The highest BCUT2D eigenvalue weighted by Gasteiger charge is 2.38. The fraction of sp³-hybridized carbons (Fsp3) is 0.308. The summed E-state index contributed by atoms with van der Waals surface area (Å²) in [7, 11) is 1.62. The Morgan fingerprint density at radius 3 is 2.90 bits per heavy atom. The number of rotatable bonds is 2. The van der Waals surface area contributed by atoms with Crippen molar-refractivity contribution >= 4 is 40.6 Å². The smallest absolute Gasteiger partial charge is 0.275 e. The van der Waals surface area contributed by atoms with Crippen molar-refractivity contribution in [2.24, 2.45) is 0 Å². The van der Waals surface area contributed by atoms with Crippen LogP contribution in [0, 0.1) is 0 Å². The third kappa shape index (κ3) is 2.53. The largest absolute Gasteiger partial charge is 0.390 e. The average molecular weight is 344 g/mol. The number of likely N-dealkylation sites (N-methyl/N-ethyl adjacent to an activating group) is 1. The highest BCUT2D eigenvalue weighted by molar-refractivity contribution is 7.03. The number of nitrogens with zero attached hydrogens (tertiary/aromatic N) is 3. The zero-order chi connectivity index (χ0) is 15.1. The van der Waals surface area contributed by atoms with E-state index in [0.29, 0.717) is 16.5 Å². The Morgan fingerprint density at radius 2 is 2.24 bits per heavy atom. The van der Waals surface area contributed by atoms with E-state index in [-0.39, 0.29) is 11.6 Å². The Kier molecular flexibility index (Phi) is 3.88. The molecule has 1 heterocycles. The van der Waals surface area contributed by atoms with Crippen molar-refractivity contribution in [3.63, 3.8) is 0 Å². The van der Waals surface area contributed by atoms with Gasteiger partial charge >= 0.3 is 0 Å². The molecule has 1 N–H and O–H groups in total. The van der Waals surface area contributed by atoms with Crippen molar-refractivity contribution in [1.29, 1.82) is 0 Å². The number of carbonyl (C=O) groups excluding carboxylic acids is 1. The average Bonchev–Trinajstić information content (AvgIpc) is 3.04. The number of hydrogen-bond acceptors (Lipinski definition) is 5. The van der Waals surface area contributed by atoms with Crippen molar-refractivity contribution in [2.75, 3.05) is 7.05 Å². The van der Waals surface area contributed by atoms with E-state index in [1.54, 1.807) is 24.6 Å². The number of hydrogen-bond donors (Lipinski definition) is 1. The molecule has 0 radical (unpaired) electrons. The quantitative estimate of drug-likeness (QED) is 0.909. The second-order valence-electron chi connectivity index (χ2n) is 4.88. The van der Waals surface area contributed by atoms with Crippen molar-refractivity contribution < 1.29 is 9.90 Å². The van der Waals surface area contributed by atoms with Gasteiger partial charge < -0.3 is 10.0 Å². The van der Waals surface area contributed by atoms with Crippen molar-refractivity contribution in [3.8, 4) is 0 Å². The standard InChI is InChI=1S/C13H11Cl2N3O2S/c1-18(13(20)10-5-21-17-16-10)12-8-2-6(14)3-9(15)7(8)4-11(12)19/h2-3,5,11-12,19H,4H2,1H3/t11-,12+/m0/s1. The van der Waals surface area contributed by atoms with Crippen LogP contribution < -0.4 is 0 Å². The Bertz CT molecular complexity index is 693. The number of halogens is 2. The lowest BCUT2D eigenvalue weighted by Gasteiger charge is -2.27. The number of aliphatic hydroxyl groups is 1. The van der Waals surface area contributed by atoms with Gasteiger partial charge in [-0.2, -0.15) is 0 Å².